The Hall–Kier alpha value is -1.82. The van der Waals surface area contributed by atoms with Gasteiger partial charge in [0.1, 0.15) is 5.01 Å². The highest BCUT2D eigenvalue weighted by atomic mass is 32.1. The van der Waals surface area contributed by atoms with E-state index in [9.17, 15) is 9.18 Å². The number of ether oxygens (including phenoxy) is 1. The molecule has 0 radical (unpaired) electrons. The maximum absolute atomic E-state index is 12.8. The van der Waals surface area contributed by atoms with E-state index in [1.807, 2.05) is 0 Å². The fraction of sp³-hybridized carbons (Fsp3) is 0.182. The summed E-state index contributed by atoms with van der Waals surface area (Å²) in [6, 6.07) is 1.59. The molecule has 2 aromatic rings. The highest BCUT2D eigenvalue weighted by Gasteiger charge is 2.10. The van der Waals surface area contributed by atoms with E-state index in [0.717, 1.165) is 17.5 Å². The van der Waals surface area contributed by atoms with Gasteiger partial charge < -0.3 is 4.74 Å². The summed E-state index contributed by atoms with van der Waals surface area (Å²) in [6.45, 7) is 2.03. The molecule has 0 aromatic carbocycles. The molecule has 0 aliphatic carbocycles. The molecule has 4 nitrogen and oxygen atoms in total. The molecule has 2 rings (SSSR count). The summed E-state index contributed by atoms with van der Waals surface area (Å²) >= 11 is 0.905. The quantitative estimate of drug-likeness (QED) is 0.788. The lowest BCUT2D eigenvalue weighted by Gasteiger charge is -2.02. The Bertz CT molecular complexity index is 542. The van der Waals surface area contributed by atoms with E-state index in [4.69, 9.17) is 4.74 Å². The predicted octanol–water partition coefficient (Wildman–Crippen LogP) is 2.52. The number of hydrogen-bond donors (Lipinski definition) is 0. The Balaban J connectivity index is 2.31. The zero-order valence-corrected chi connectivity index (χ0v) is 9.83. The van der Waals surface area contributed by atoms with Crippen LogP contribution in [-0.2, 0) is 4.74 Å². The lowest BCUT2D eigenvalue weighted by Crippen LogP contribution is -2.05. The third-order valence-electron chi connectivity index (χ3n) is 1.97. The number of nitrogens with zero attached hydrogens (tertiary/aromatic N) is 2. The minimum Gasteiger partial charge on any atom is -0.462 e. The second-order valence-corrected chi connectivity index (χ2v) is 4.13. The van der Waals surface area contributed by atoms with E-state index in [0.29, 0.717) is 22.7 Å². The van der Waals surface area contributed by atoms with Gasteiger partial charge in [0.25, 0.3) is 0 Å². The van der Waals surface area contributed by atoms with Crippen molar-refractivity contribution in [2.45, 2.75) is 6.92 Å². The monoisotopic (exact) mass is 252 g/mol. The highest BCUT2D eigenvalue weighted by molar-refractivity contribution is 7.13. The first-order valence-electron chi connectivity index (χ1n) is 4.94. The van der Waals surface area contributed by atoms with Gasteiger partial charge in [-0.3, -0.25) is 4.98 Å². The van der Waals surface area contributed by atoms with E-state index in [1.165, 1.54) is 12.4 Å². The molecule has 0 spiro atoms. The van der Waals surface area contributed by atoms with Crippen molar-refractivity contribution in [2.24, 2.45) is 0 Å². The normalized spacial score (nSPS) is 10.2. The van der Waals surface area contributed by atoms with Gasteiger partial charge in [-0.2, -0.15) is 4.39 Å². The van der Waals surface area contributed by atoms with Gasteiger partial charge in [-0.1, -0.05) is 11.3 Å². The van der Waals surface area contributed by atoms with Crippen molar-refractivity contribution in [3.63, 3.8) is 0 Å². The summed E-state index contributed by atoms with van der Waals surface area (Å²) in [5.74, 6) is -0.445. The van der Waals surface area contributed by atoms with E-state index < -0.39 is 5.97 Å². The van der Waals surface area contributed by atoms with Crippen molar-refractivity contribution in [3.8, 4) is 10.6 Å². The Morgan fingerprint density at radius 2 is 2.29 bits per heavy atom. The molecule has 2 heterocycles. The van der Waals surface area contributed by atoms with Crippen molar-refractivity contribution in [1.82, 2.24) is 9.97 Å². The number of aromatic nitrogens is 2. The minimum absolute atomic E-state index is 0.301. The van der Waals surface area contributed by atoms with Crippen molar-refractivity contribution in [1.29, 1.82) is 0 Å². The average molecular weight is 252 g/mol. The molecular formula is C11H9FN2O2S. The fourth-order valence-electron chi connectivity index (χ4n) is 1.27. The van der Waals surface area contributed by atoms with Crippen molar-refractivity contribution in [3.05, 3.63) is 35.4 Å². The van der Waals surface area contributed by atoms with E-state index in [2.05, 4.69) is 9.97 Å². The van der Waals surface area contributed by atoms with Crippen LogP contribution in [0.1, 0.15) is 17.3 Å². The summed E-state index contributed by atoms with van der Waals surface area (Å²) in [4.78, 5) is 19.3. The van der Waals surface area contributed by atoms with Gasteiger partial charge in [0.2, 0.25) is 0 Å². The number of pyridine rings is 1. The molecule has 17 heavy (non-hydrogen) atoms. The second-order valence-electron chi connectivity index (χ2n) is 3.15. The van der Waals surface area contributed by atoms with Gasteiger partial charge in [0.15, 0.2) is 5.13 Å². The summed E-state index contributed by atoms with van der Waals surface area (Å²) in [5.41, 5.74) is 0.935. The van der Waals surface area contributed by atoms with Crippen molar-refractivity contribution < 1.29 is 13.9 Å². The Labute approximate surface area is 101 Å². The number of thiazole rings is 1. The molecule has 0 amide bonds. The smallest absolute Gasteiger partial charge is 0.339 e. The predicted molar refractivity (Wildman–Crippen MR) is 61.3 cm³/mol. The van der Waals surface area contributed by atoms with Crippen LogP contribution in [0.3, 0.4) is 0 Å². The Morgan fingerprint density at radius 1 is 1.47 bits per heavy atom. The SMILES string of the molecule is CCOC(=O)c1cncc(-c2ncc(F)s2)c1. The average Bonchev–Trinajstić information content (AvgIpc) is 2.76. The summed E-state index contributed by atoms with van der Waals surface area (Å²) in [7, 11) is 0. The Kier molecular flexibility index (Phi) is 3.43. The van der Waals surface area contributed by atoms with Crippen LogP contribution in [0.4, 0.5) is 4.39 Å². The van der Waals surface area contributed by atoms with Crippen LogP contribution in [0, 0.1) is 5.13 Å². The number of hydrogen-bond acceptors (Lipinski definition) is 5. The van der Waals surface area contributed by atoms with Crippen LogP contribution < -0.4 is 0 Å². The van der Waals surface area contributed by atoms with Gasteiger partial charge in [-0.05, 0) is 13.0 Å². The first-order valence-corrected chi connectivity index (χ1v) is 5.76. The van der Waals surface area contributed by atoms with Crippen molar-refractivity contribution in [2.75, 3.05) is 6.61 Å². The number of halogens is 1. The minimum atomic E-state index is -0.445. The highest BCUT2D eigenvalue weighted by Crippen LogP contribution is 2.24. The lowest BCUT2D eigenvalue weighted by atomic mass is 10.2. The number of carbonyl (C=O) groups is 1. The number of rotatable bonds is 3. The van der Waals surface area contributed by atoms with E-state index >= 15 is 0 Å². The standard InChI is InChI=1S/C11H9FN2O2S/c1-2-16-11(15)8-3-7(4-13-5-8)10-14-6-9(12)17-10/h3-6H,2H2,1H3. The zero-order chi connectivity index (χ0) is 12.3. The molecule has 0 bridgehead atoms. The van der Waals surface area contributed by atoms with Gasteiger partial charge in [0, 0.05) is 18.0 Å². The topological polar surface area (TPSA) is 52.1 Å². The molecule has 6 heteroatoms. The van der Waals surface area contributed by atoms with Crippen LogP contribution in [-0.4, -0.2) is 22.5 Å². The van der Waals surface area contributed by atoms with Crippen LogP contribution in [0.2, 0.25) is 0 Å². The summed E-state index contributed by atoms with van der Waals surface area (Å²) in [5, 5.41) is 0.114. The van der Waals surface area contributed by atoms with Crippen LogP contribution in [0.5, 0.6) is 0 Å². The van der Waals surface area contributed by atoms with Crippen LogP contribution in [0.15, 0.2) is 24.7 Å². The van der Waals surface area contributed by atoms with E-state index in [1.54, 1.807) is 13.0 Å². The maximum Gasteiger partial charge on any atom is 0.339 e. The van der Waals surface area contributed by atoms with Crippen molar-refractivity contribution >= 4 is 17.3 Å². The number of esters is 1. The van der Waals surface area contributed by atoms with Gasteiger partial charge in [-0.25, -0.2) is 9.78 Å². The molecule has 0 aliphatic heterocycles. The molecule has 0 saturated carbocycles. The zero-order valence-electron chi connectivity index (χ0n) is 9.01. The van der Waals surface area contributed by atoms with Gasteiger partial charge >= 0.3 is 5.97 Å². The molecule has 0 saturated heterocycles. The Morgan fingerprint density at radius 3 is 2.94 bits per heavy atom. The van der Waals surface area contributed by atoms with E-state index in [-0.39, 0.29) is 5.13 Å². The molecule has 0 atom stereocenters. The van der Waals surface area contributed by atoms with Gasteiger partial charge in [0.05, 0.1) is 18.4 Å². The molecular weight excluding hydrogens is 243 g/mol. The molecule has 0 N–H and O–H groups in total. The number of carbonyl (C=O) groups excluding carboxylic acids is 1. The summed E-state index contributed by atoms with van der Waals surface area (Å²) < 4.78 is 17.7. The van der Waals surface area contributed by atoms with Crippen LogP contribution in [0.25, 0.3) is 10.6 Å². The lowest BCUT2D eigenvalue weighted by molar-refractivity contribution is 0.0526. The second kappa shape index (κ2) is 5.01. The first kappa shape index (κ1) is 11.7. The molecule has 0 aliphatic rings. The third kappa shape index (κ3) is 2.65. The maximum atomic E-state index is 12.8. The molecule has 2 aromatic heterocycles. The van der Waals surface area contributed by atoms with Crippen LogP contribution >= 0.6 is 11.3 Å². The van der Waals surface area contributed by atoms with Gasteiger partial charge in [-0.15, -0.1) is 0 Å². The third-order valence-corrected chi connectivity index (χ3v) is 2.81. The molecule has 0 unspecified atom stereocenters. The largest absolute Gasteiger partial charge is 0.462 e. The molecule has 88 valence electrons. The summed E-state index contributed by atoms with van der Waals surface area (Å²) in [6.07, 6.45) is 4.07. The molecule has 0 fully saturated rings. The fourth-order valence-corrected chi connectivity index (χ4v) is 1.90. The first-order chi connectivity index (χ1) is 8.20.